The average Bonchev–Trinajstić information content (AvgIpc) is 2.37. The van der Waals surface area contributed by atoms with Gasteiger partial charge in [-0.1, -0.05) is 41.5 Å². The molecule has 1 rings (SSSR count). The fraction of sp³-hybridized carbons (Fsp3) is 0.944. The lowest BCUT2D eigenvalue weighted by molar-refractivity contribution is -0.150. The maximum Gasteiger partial charge on any atom is 0.193 e. The number of hydrogen-bond donors (Lipinski definition) is 1. The van der Waals surface area contributed by atoms with Crippen molar-refractivity contribution >= 4 is 35.0 Å². The van der Waals surface area contributed by atoms with E-state index in [0.29, 0.717) is 13.0 Å². The summed E-state index contributed by atoms with van der Waals surface area (Å²) < 4.78 is 18.7. The molecule has 0 bridgehead atoms. The molecule has 0 aromatic heterocycles. The van der Waals surface area contributed by atoms with E-state index in [0.717, 1.165) is 0 Å². The van der Waals surface area contributed by atoms with Gasteiger partial charge in [0, 0.05) is 6.42 Å². The molecule has 1 fully saturated rings. The van der Waals surface area contributed by atoms with E-state index >= 15 is 0 Å². The van der Waals surface area contributed by atoms with Crippen LogP contribution in [-0.4, -0.2) is 46.7 Å². The summed E-state index contributed by atoms with van der Waals surface area (Å²) in [5.74, 6) is 0.0832. The Bertz CT molecular complexity index is 480. The Hall–Kier alpha value is 0.334. The van der Waals surface area contributed by atoms with Crippen LogP contribution in [-0.2, 0) is 18.4 Å². The summed E-state index contributed by atoms with van der Waals surface area (Å²) in [6, 6.07) is 0. The topological polar surface area (TPSA) is 44.8 Å². The highest BCUT2D eigenvalue weighted by atomic mass is 32.1. The van der Waals surface area contributed by atoms with E-state index in [4.69, 9.17) is 13.6 Å². The fourth-order valence-electron chi connectivity index (χ4n) is 2.09. The first-order valence-electron chi connectivity index (χ1n) is 9.16. The molecule has 148 valence electrons. The maximum absolute atomic E-state index is 12.7. The number of ketones is 1. The number of hydrogen-bond acceptors (Lipinski definition) is 5. The summed E-state index contributed by atoms with van der Waals surface area (Å²) in [6.07, 6.45) is -0.639. The largest absolute Gasteiger partial charge is 0.414 e. The summed E-state index contributed by atoms with van der Waals surface area (Å²) in [5.41, 5.74) is -0.375. The molecule has 0 aromatic rings. The first kappa shape index (κ1) is 23.4. The lowest BCUT2D eigenvalue weighted by Crippen LogP contribution is -2.56. The van der Waals surface area contributed by atoms with E-state index in [1.165, 1.54) is 0 Å². The van der Waals surface area contributed by atoms with Crippen molar-refractivity contribution in [1.29, 1.82) is 0 Å². The zero-order valence-corrected chi connectivity index (χ0v) is 20.6. The van der Waals surface area contributed by atoms with Gasteiger partial charge in [0.15, 0.2) is 22.4 Å². The molecule has 0 radical (unpaired) electrons. The fourth-order valence-corrected chi connectivity index (χ4v) is 4.71. The van der Waals surface area contributed by atoms with Gasteiger partial charge in [-0.3, -0.25) is 4.79 Å². The first-order valence-corrected chi connectivity index (χ1v) is 15.5. The number of rotatable bonds is 5. The molecule has 0 aliphatic carbocycles. The third-order valence-corrected chi connectivity index (χ3v) is 15.3. The molecule has 0 amide bonds. The van der Waals surface area contributed by atoms with Crippen molar-refractivity contribution in [3.63, 3.8) is 0 Å². The Morgan fingerprint density at radius 1 is 1.04 bits per heavy atom. The lowest BCUT2D eigenvalue weighted by Gasteiger charge is -2.44. The van der Waals surface area contributed by atoms with Crippen LogP contribution in [0.4, 0.5) is 0 Å². The predicted octanol–water partition coefficient (Wildman–Crippen LogP) is 5.01. The maximum atomic E-state index is 12.7. The van der Waals surface area contributed by atoms with Crippen molar-refractivity contribution in [2.75, 3.05) is 6.61 Å². The number of carbonyl (C=O) groups excluding carboxylic acids is 1. The van der Waals surface area contributed by atoms with Gasteiger partial charge in [0.2, 0.25) is 0 Å². The Morgan fingerprint density at radius 2 is 1.52 bits per heavy atom. The van der Waals surface area contributed by atoms with Crippen LogP contribution in [0.1, 0.15) is 48.0 Å². The molecule has 0 unspecified atom stereocenters. The van der Waals surface area contributed by atoms with Crippen LogP contribution in [0.25, 0.3) is 0 Å². The molecule has 7 heteroatoms. The Kier molecular flexibility index (Phi) is 7.25. The molecule has 0 N–H and O–H groups in total. The van der Waals surface area contributed by atoms with Crippen LogP contribution in [0.15, 0.2) is 0 Å². The smallest absolute Gasteiger partial charge is 0.193 e. The predicted molar refractivity (Wildman–Crippen MR) is 112 cm³/mol. The van der Waals surface area contributed by atoms with Crippen molar-refractivity contribution < 1.29 is 18.4 Å². The summed E-state index contributed by atoms with van der Waals surface area (Å²) >= 11 is 4.38. The van der Waals surface area contributed by atoms with E-state index in [9.17, 15) is 4.79 Å². The van der Waals surface area contributed by atoms with Crippen LogP contribution in [0.3, 0.4) is 0 Å². The quantitative estimate of drug-likeness (QED) is 0.515. The molecule has 0 aromatic carbocycles. The average molecular weight is 407 g/mol. The molecule has 1 aliphatic heterocycles. The van der Waals surface area contributed by atoms with E-state index in [-0.39, 0.29) is 27.4 Å². The molecule has 1 aliphatic rings. The zero-order valence-electron chi connectivity index (χ0n) is 17.7. The minimum atomic E-state index is -2.08. The second kappa shape index (κ2) is 7.75. The zero-order chi connectivity index (χ0) is 19.8. The minimum absolute atomic E-state index is 0.0376. The minimum Gasteiger partial charge on any atom is -0.414 e. The van der Waals surface area contributed by atoms with Gasteiger partial charge in [0.25, 0.3) is 0 Å². The first-order chi connectivity index (χ1) is 11.0. The molecule has 0 saturated carbocycles. The lowest BCUT2D eigenvalue weighted by atomic mass is 10.1. The molecule has 25 heavy (non-hydrogen) atoms. The molecule has 0 spiro atoms. The number of Topliss-reactive ketones (excluding diaryl/α,β-unsaturated/α-hetero) is 1. The van der Waals surface area contributed by atoms with Gasteiger partial charge < -0.3 is 13.6 Å². The van der Waals surface area contributed by atoms with Gasteiger partial charge in [0.05, 0.1) is 6.61 Å². The van der Waals surface area contributed by atoms with Crippen LogP contribution >= 0.6 is 12.6 Å². The molecule has 3 atom stereocenters. The second-order valence-electron chi connectivity index (χ2n) is 10.2. The summed E-state index contributed by atoms with van der Waals surface area (Å²) in [4.78, 5) is 12.7. The monoisotopic (exact) mass is 406 g/mol. The Labute approximate surface area is 162 Å². The number of thiol groups is 1. The van der Waals surface area contributed by atoms with Crippen LogP contribution in [0.2, 0.25) is 36.3 Å². The van der Waals surface area contributed by atoms with Gasteiger partial charge in [-0.2, -0.15) is 0 Å². The highest BCUT2D eigenvalue weighted by Gasteiger charge is 2.46. The van der Waals surface area contributed by atoms with Gasteiger partial charge in [0.1, 0.15) is 17.6 Å². The van der Waals surface area contributed by atoms with Gasteiger partial charge >= 0.3 is 0 Å². The number of carbonyl (C=O) groups is 1. The molecule has 4 nitrogen and oxygen atoms in total. The van der Waals surface area contributed by atoms with E-state index in [2.05, 4.69) is 80.4 Å². The van der Waals surface area contributed by atoms with Crippen molar-refractivity contribution in [3.8, 4) is 0 Å². The van der Waals surface area contributed by atoms with E-state index in [1.807, 2.05) is 0 Å². The standard InChI is InChI=1S/C18H38O4SSi2/c1-17(2,3)24(7,8)20-12-14-16(13(19)11-15(23)21-14)22-25(9,10)18(4,5)6/h14-16,23H,11-12H2,1-10H3/t14-,15-,16+/m1/s1. The molecular weight excluding hydrogens is 368 g/mol. The third kappa shape index (κ3) is 5.91. The van der Waals surface area contributed by atoms with Crippen molar-refractivity contribution in [2.24, 2.45) is 0 Å². The highest BCUT2D eigenvalue weighted by molar-refractivity contribution is 7.80. The van der Waals surface area contributed by atoms with Gasteiger partial charge in [-0.25, -0.2) is 0 Å². The normalized spacial score (nSPS) is 26.8. The van der Waals surface area contributed by atoms with Crippen molar-refractivity contribution in [3.05, 3.63) is 0 Å². The van der Waals surface area contributed by atoms with Crippen LogP contribution in [0.5, 0.6) is 0 Å². The summed E-state index contributed by atoms with van der Waals surface area (Å²) in [6.45, 7) is 22.3. The van der Waals surface area contributed by atoms with E-state index < -0.39 is 22.7 Å². The second-order valence-corrected chi connectivity index (χ2v) is 20.3. The van der Waals surface area contributed by atoms with Gasteiger partial charge in [-0.15, -0.1) is 12.6 Å². The summed E-state index contributed by atoms with van der Waals surface area (Å²) in [5, 5.41) is 0.151. The molecular formula is C18H38O4SSi2. The van der Waals surface area contributed by atoms with Crippen molar-refractivity contribution in [1.82, 2.24) is 0 Å². The highest BCUT2D eigenvalue weighted by Crippen LogP contribution is 2.40. The van der Waals surface area contributed by atoms with Crippen LogP contribution in [0, 0.1) is 0 Å². The van der Waals surface area contributed by atoms with Gasteiger partial charge in [-0.05, 0) is 36.3 Å². The Morgan fingerprint density at radius 3 is 1.96 bits per heavy atom. The SMILES string of the molecule is CC(C)(C)[Si](C)(C)OC[C@H]1O[C@H](S)CC(=O)[C@@H]1O[Si](C)(C)C(C)(C)C. The van der Waals surface area contributed by atoms with Crippen molar-refractivity contribution in [2.45, 2.75) is 102 Å². The molecule has 1 saturated heterocycles. The Balaban J connectivity index is 2.94. The van der Waals surface area contributed by atoms with E-state index in [1.54, 1.807) is 0 Å². The number of ether oxygens (including phenoxy) is 1. The van der Waals surface area contributed by atoms with Crippen LogP contribution < -0.4 is 0 Å². The summed E-state index contributed by atoms with van der Waals surface area (Å²) in [7, 11) is -4.00. The third-order valence-electron chi connectivity index (χ3n) is 6.01. The molecule has 1 heterocycles.